The van der Waals surface area contributed by atoms with Gasteiger partial charge < -0.3 is 14.9 Å². The highest BCUT2D eigenvalue weighted by Crippen LogP contribution is 2.35. The molecule has 0 bridgehead atoms. The summed E-state index contributed by atoms with van der Waals surface area (Å²) in [6.07, 6.45) is 0.619. The van der Waals surface area contributed by atoms with Gasteiger partial charge in [-0.25, -0.2) is 0 Å². The van der Waals surface area contributed by atoms with Gasteiger partial charge in [0.15, 0.2) is 0 Å². The first-order valence-electron chi connectivity index (χ1n) is 13.4. The Kier molecular flexibility index (Phi) is 9.83. The maximum Gasteiger partial charge on any atom is 0.391 e. The number of likely N-dealkylation sites (tertiary alicyclic amines) is 1. The number of rotatable bonds is 8. The smallest absolute Gasteiger partial charge is 0.391 e. The first-order valence-corrected chi connectivity index (χ1v) is 14.1. The van der Waals surface area contributed by atoms with E-state index in [1.165, 1.54) is 4.90 Å². The van der Waals surface area contributed by atoms with Crippen molar-refractivity contribution in [2.24, 2.45) is 11.8 Å². The van der Waals surface area contributed by atoms with E-state index in [1.54, 1.807) is 41.3 Å². The van der Waals surface area contributed by atoms with Gasteiger partial charge in [-0.1, -0.05) is 35.3 Å². The molecule has 2 fully saturated rings. The number of halogens is 5. The third-order valence-corrected chi connectivity index (χ3v) is 8.68. The molecule has 2 aromatic carbocycles. The fourth-order valence-corrected chi connectivity index (χ4v) is 6.08. The highest BCUT2D eigenvalue weighted by molar-refractivity contribution is 6.36. The van der Waals surface area contributed by atoms with E-state index in [1.807, 2.05) is 0 Å². The summed E-state index contributed by atoms with van der Waals surface area (Å²) in [5.41, 5.74) is 2.59. The fourth-order valence-electron chi connectivity index (χ4n) is 5.47. The highest BCUT2D eigenvalue weighted by Gasteiger charge is 2.41. The van der Waals surface area contributed by atoms with Crippen molar-refractivity contribution in [1.82, 2.24) is 9.80 Å². The van der Waals surface area contributed by atoms with Crippen LogP contribution in [0.25, 0.3) is 11.1 Å². The lowest BCUT2D eigenvalue weighted by molar-refractivity contribution is -0.183. The third-order valence-electron chi connectivity index (χ3n) is 8.00. The monoisotopic (exact) mass is 584 g/mol. The zero-order chi connectivity index (χ0) is 28.2. The number of hydrogen-bond donors (Lipinski definition) is 1. The normalized spacial score (nSPS) is 20.6. The van der Waals surface area contributed by atoms with Gasteiger partial charge in [-0.05, 0) is 86.3 Å². The Bertz CT molecular complexity index is 1120. The number of benzene rings is 2. The first kappa shape index (κ1) is 29.7. The van der Waals surface area contributed by atoms with Gasteiger partial charge in [0, 0.05) is 47.4 Å². The molecule has 1 saturated heterocycles. The van der Waals surface area contributed by atoms with Crippen molar-refractivity contribution >= 4 is 35.5 Å². The standard InChI is InChI=1S/C29H33Cl2F3N2O3/c30-26-15-22(16-27(31)25(26)17-35(18-37)12-9-19-1-7-24(38)8-2-19)20-3-5-21(6-4-20)28(39)36-13-10-23(11-14-36)29(32,33)34/h3-6,15-16,18-19,23-24,38H,1-2,7-14,17H2. The average molecular weight is 585 g/mol. The molecule has 4 rings (SSSR count). The summed E-state index contributed by atoms with van der Waals surface area (Å²) in [4.78, 5) is 27.7. The molecule has 0 spiro atoms. The predicted octanol–water partition coefficient (Wildman–Crippen LogP) is 6.97. The number of aliphatic hydroxyl groups excluding tert-OH is 1. The van der Waals surface area contributed by atoms with E-state index in [9.17, 15) is 27.9 Å². The van der Waals surface area contributed by atoms with Crippen molar-refractivity contribution in [2.45, 2.75) is 63.8 Å². The Hall–Kier alpha value is -2.29. The molecule has 0 unspecified atom stereocenters. The molecule has 0 radical (unpaired) electrons. The number of alkyl halides is 3. The van der Waals surface area contributed by atoms with Crippen LogP contribution in [0.4, 0.5) is 13.2 Å². The Morgan fingerprint density at radius 3 is 2.10 bits per heavy atom. The van der Waals surface area contributed by atoms with Gasteiger partial charge >= 0.3 is 6.18 Å². The largest absolute Gasteiger partial charge is 0.393 e. The fraction of sp³-hybridized carbons (Fsp3) is 0.517. The van der Waals surface area contributed by atoms with E-state index in [-0.39, 0.29) is 44.5 Å². The lowest BCUT2D eigenvalue weighted by atomic mass is 9.85. The van der Waals surface area contributed by atoms with Gasteiger partial charge in [0.05, 0.1) is 12.0 Å². The molecule has 1 aliphatic heterocycles. The van der Waals surface area contributed by atoms with Crippen LogP contribution >= 0.6 is 23.2 Å². The van der Waals surface area contributed by atoms with Gasteiger partial charge in [0.25, 0.3) is 5.91 Å². The Labute approximate surface area is 236 Å². The number of hydrogen-bond acceptors (Lipinski definition) is 3. The Morgan fingerprint density at radius 1 is 0.974 bits per heavy atom. The summed E-state index contributed by atoms with van der Waals surface area (Å²) in [6.45, 7) is 1.04. The molecule has 10 heteroatoms. The summed E-state index contributed by atoms with van der Waals surface area (Å²) < 4.78 is 38.8. The average Bonchev–Trinajstić information content (AvgIpc) is 2.92. The van der Waals surface area contributed by atoms with Crippen molar-refractivity contribution in [2.75, 3.05) is 19.6 Å². The van der Waals surface area contributed by atoms with Gasteiger partial charge in [0.1, 0.15) is 0 Å². The van der Waals surface area contributed by atoms with E-state index in [0.29, 0.717) is 33.6 Å². The molecule has 1 aliphatic carbocycles. The second kappa shape index (κ2) is 12.9. The summed E-state index contributed by atoms with van der Waals surface area (Å²) in [5, 5.41) is 10.5. The number of aliphatic hydroxyl groups is 1. The number of piperidine rings is 1. The van der Waals surface area contributed by atoms with Gasteiger partial charge in [-0.2, -0.15) is 13.2 Å². The summed E-state index contributed by atoms with van der Waals surface area (Å²) in [6, 6.07) is 10.4. The van der Waals surface area contributed by atoms with Crippen LogP contribution in [-0.4, -0.2) is 59.1 Å². The van der Waals surface area contributed by atoms with Gasteiger partial charge in [-0.15, -0.1) is 0 Å². The zero-order valence-electron chi connectivity index (χ0n) is 21.6. The molecule has 2 amide bonds. The SMILES string of the molecule is O=CN(CCC1CCC(O)CC1)Cc1c(Cl)cc(-c2ccc(C(=O)N3CCC(C(F)(F)F)CC3)cc2)cc1Cl. The summed E-state index contributed by atoms with van der Waals surface area (Å²) >= 11 is 13.2. The van der Waals surface area contributed by atoms with Crippen molar-refractivity contribution in [3.8, 4) is 11.1 Å². The molecular weight excluding hydrogens is 552 g/mol. The van der Waals surface area contributed by atoms with Crippen LogP contribution in [0.15, 0.2) is 36.4 Å². The van der Waals surface area contributed by atoms with Crippen LogP contribution in [0.3, 0.4) is 0 Å². The molecule has 1 heterocycles. The minimum Gasteiger partial charge on any atom is -0.393 e. The minimum atomic E-state index is -4.22. The lowest BCUT2D eigenvalue weighted by Crippen LogP contribution is -2.42. The molecule has 1 N–H and O–H groups in total. The first-order chi connectivity index (χ1) is 18.5. The van der Waals surface area contributed by atoms with Crippen molar-refractivity contribution < 1.29 is 27.9 Å². The van der Waals surface area contributed by atoms with Crippen molar-refractivity contribution in [1.29, 1.82) is 0 Å². The number of amides is 2. The minimum absolute atomic E-state index is 0.0804. The lowest BCUT2D eigenvalue weighted by Gasteiger charge is -2.33. The van der Waals surface area contributed by atoms with Crippen molar-refractivity contribution in [3.05, 3.63) is 57.6 Å². The predicted molar refractivity (Wildman–Crippen MR) is 146 cm³/mol. The van der Waals surface area contributed by atoms with Crippen LogP contribution in [0, 0.1) is 11.8 Å². The summed E-state index contributed by atoms with van der Waals surface area (Å²) in [5.74, 6) is -1.15. The summed E-state index contributed by atoms with van der Waals surface area (Å²) in [7, 11) is 0. The molecule has 2 aliphatic rings. The quantitative estimate of drug-likeness (QED) is 0.341. The number of carbonyl (C=O) groups excluding carboxylic acids is 2. The van der Waals surface area contributed by atoms with Gasteiger partial charge in [-0.3, -0.25) is 9.59 Å². The number of carbonyl (C=O) groups is 2. The maximum atomic E-state index is 12.9. The molecule has 39 heavy (non-hydrogen) atoms. The van der Waals surface area contributed by atoms with Crippen LogP contribution in [-0.2, 0) is 11.3 Å². The van der Waals surface area contributed by atoms with E-state index in [2.05, 4.69) is 0 Å². The molecule has 0 atom stereocenters. The molecule has 2 aromatic rings. The van der Waals surface area contributed by atoms with Crippen LogP contribution < -0.4 is 0 Å². The van der Waals surface area contributed by atoms with Crippen molar-refractivity contribution in [3.63, 3.8) is 0 Å². The molecule has 0 aromatic heterocycles. The zero-order valence-corrected chi connectivity index (χ0v) is 23.1. The number of nitrogens with zero attached hydrogens (tertiary/aromatic N) is 2. The van der Waals surface area contributed by atoms with Gasteiger partial charge in [0.2, 0.25) is 6.41 Å². The van der Waals surface area contributed by atoms with Crippen LogP contribution in [0.2, 0.25) is 10.0 Å². The topological polar surface area (TPSA) is 60.9 Å². The van der Waals surface area contributed by atoms with E-state index < -0.39 is 12.1 Å². The third kappa shape index (κ3) is 7.68. The van der Waals surface area contributed by atoms with E-state index >= 15 is 0 Å². The highest BCUT2D eigenvalue weighted by atomic mass is 35.5. The molecule has 212 valence electrons. The second-order valence-corrected chi connectivity index (χ2v) is 11.5. The second-order valence-electron chi connectivity index (χ2n) is 10.6. The van der Waals surface area contributed by atoms with E-state index in [0.717, 1.165) is 49.6 Å². The molecular formula is C29H33Cl2F3N2O3. The maximum absolute atomic E-state index is 12.9. The molecule has 1 saturated carbocycles. The van der Waals surface area contributed by atoms with E-state index in [4.69, 9.17) is 23.2 Å². The van der Waals surface area contributed by atoms with Crippen LogP contribution in [0.5, 0.6) is 0 Å². The Balaban J connectivity index is 1.37. The Morgan fingerprint density at radius 2 is 1.56 bits per heavy atom. The van der Waals surface area contributed by atoms with Crippen LogP contribution in [0.1, 0.15) is 60.9 Å². The molecule has 5 nitrogen and oxygen atoms in total.